The van der Waals surface area contributed by atoms with Gasteiger partial charge in [0.05, 0.1) is 6.07 Å². The van der Waals surface area contributed by atoms with Gasteiger partial charge in [0.15, 0.2) is 11.5 Å². The zero-order chi connectivity index (χ0) is 14.7. The van der Waals surface area contributed by atoms with Crippen LogP contribution in [-0.2, 0) is 0 Å². The number of nitrogens with zero attached hydrogens (tertiary/aromatic N) is 1. The summed E-state index contributed by atoms with van der Waals surface area (Å²) in [5, 5.41) is 12.7. The van der Waals surface area contributed by atoms with Gasteiger partial charge in [0.1, 0.15) is 19.3 Å². The molecule has 1 N–H and O–H groups in total. The fourth-order valence-corrected chi connectivity index (χ4v) is 2.56. The number of halogens is 1. The summed E-state index contributed by atoms with van der Waals surface area (Å²) in [6.07, 6.45) is 0. The van der Waals surface area contributed by atoms with E-state index in [9.17, 15) is 5.26 Å². The van der Waals surface area contributed by atoms with E-state index in [0.29, 0.717) is 19.0 Å². The number of fused-ring (bicyclic) bond motifs is 1. The molecule has 0 aliphatic carbocycles. The Labute approximate surface area is 131 Å². The van der Waals surface area contributed by atoms with Crippen molar-refractivity contribution < 1.29 is 9.47 Å². The van der Waals surface area contributed by atoms with Crippen LogP contribution in [0.5, 0.6) is 11.5 Å². The van der Waals surface area contributed by atoms with Crippen LogP contribution in [0.4, 0.5) is 5.69 Å². The van der Waals surface area contributed by atoms with E-state index in [0.717, 1.165) is 21.5 Å². The van der Waals surface area contributed by atoms with Crippen molar-refractivity contribution in [1.82, 2.24) is 0 Å². The molecule has 21 heavy (non-hydrogen) atoms. The minimum atomic E-state index is -0.459. The molecule has 0 aromatic heterocycles. The number of nitriles is 1. The fourth-order valence-electron chi connectivity index (χ4n) is 2.16. The van der Waals surface area contributed by atoms with Crippen LogP contribution < -0.4 is 14.8 Å². The molecule has 0 spiro atoms. The van der Waals surface area contributed by atoms with Crippen LogP contribution >= 0.6 is 15.9 Å². The molecule has 1 heterocycles. The van der Waals surface area contributed by atoms with E-state index in [4.69, 9.17) is 9.47 Å². The quantitative estimate of drug-likeness (QED) is 0.917. The van der Waals surface area contributed by atoms with Gasteiger partial charge in [0, 0.05) is 10.2 Å². The lowest BCUT2D eigenvalue weighted by Gasteiger charge is -2.20. The summed E-state index contributed by atoms with van der Waals surface area (Å²) >= 11 is 3.47. The molecule has 2 aromatic rings. The molecule has 5 heteroatoms. The molecule has 0 saturated heterocycles. The van der Waals surface area contributed by atoms with E-state index in [1.165, 1.54) is 0 Å². The topological polar surface area (TPSA) is 54.3 Å². The smallest absolute Gasteiger partial charge is 0.161 e. The van der Waals surface area contributed by atoms with Gasteiger partial charge in [-0.1, -0.05) is 18.2 Å². The first-order valence-electron chi connectivity index (χ1n) is 6.58. The zero-order valence-electron chi connectivity index (χ0n) is 11.2. The van der Waals surface area contributed by atoms with Crippen LogP contribution in [0.25, 0.3) is 0 Å². The van der Waals surface area contributed by atoms with Gasteiger partial charge in [0.25, 0.3) is 0 Å². The summed E-state index contributed by atoms with van der Waals surface area (Å²) < 4.78 is 12.0. The molecule has 0 bridgehead atoms. The predicted molar refractivity (Wildman–Crippen MR) is 83.6 cm³/mol. The van der Waals surface area contributed by atoms with Crippen LogP contribution in [0.2, 0.25) is 0 Å². The number of nitrogens with one attached hydrogen (secondary N) is 1. The summed E-state index contributed by atoms with van der Waals surface area (Å²) in [6, 6.07) is 15.1. The second kappa shape index (κ2) is 6.06. The Morgan fingerprint density at radius 3 is 2.62 bits per heavy atom. The van der Waals surface area contributed by atoms with Gasteiger partial charge in [-0.05, 0) is 45.8 Å². The van der Waals surface area contributed by atoms with Gasteiger partial charge in [-0.15, -0.1) is 0 Å². The Hall–Kier alpha value is -2.19. The third-order valence-corrected chi connectivity index (χ3v) is 3.89. The lowest BCUT2D eigenvalue weighted by Crippen LogP contribution is -2.16. The third kappa shape index (κ3) is 2.96. The Bertz CT molecular complexity index is 697. The van der Waals surface area contributed by atoms with Crippen molar-refractivity contribution in [2.45, 2.75) is 6.04 Å². The maximum absolute atomic E-state index is 9.44. The highest BCUT2D eigenvalue weighted by molar-refractivity contribution is 9.10. The number of hydrogen-bond donors (Lipinski definition) is 1. The van der Waals surface area contributed by atoms with Crippen LogP contribution in [0.15, 0.2) is 46.9 Å². The third-order valence-electron chi connectivity index (χ3n) is 3.20. The maximum atomic E-state index is 9.44. The zero-order valence-corrected chi connectivity index (χ0v) is 12.8. The molecular weight excluding hydrogens is 332 g/mol. The van der Waals surface area contributed by atoms with Gasteiger partial charge >= 0.3 is 0 Å². The molecule has 2 aromatic carbocycles. The van der Waals surface area contributed by atoms with Gasteiger partial charge in [-0.2, -0.15) is 5.26 Å². The standard InChI is InChI=1S/C16H13BrN2O2/c17-12-3-1-2-4-13(12)19-14(10-18)11-5-6-15-16(9-11)21-8-7-20-15/h1-6,9,14,19H,7-8H2. The first-order valence-corrected chi connectivity index (χ1v) is 7.37. The number of hydrogen-bond acceptors (Lipinski definition) is 4. The monoisotopic (exact) mass is 344 g/mol. The van der Waals surface area contributed by atoms with Gasteiger partial charge in [-0.3, -0.25) is 0 Å². The highest BCUT2D eigenvalue weighted by atomic mass is 79.9. The molecule has 0 saturated carbocycles. The van der Waals surface area contributed by atoms with Crippen LogP contribution in [0, 0.1) is 11.3 Å². The molecule has 4 nitrogen and oxygen atoms in total. The van der Waals surface area contributed by atoms with Gasteiger partial charge in [-0.25, -0.2) is 0 Å². The Balaban J connectivity index is 1.87. The normalized spacial score (nSPS) is 14.1. The number of rotatable bonds is 3. The molecule has 1 aliphatic rings. The summed E-state index contributed by atoms with van der Waals surface area (Å²) in [4.78, 5) is 0. The molecule has 3 rings (SSSR count). The number of para-hydroxylation sites is 1. The van der Waals surface area contributed by atoms with E-state index in [1.54, 1.807) is 0 Å². The molecule has 0 amide bonds. The maximum Gasteiger partial charge on any atom is 0.161 e. The van der Waals surface area contributed by atoms with Crippen LogP contribution in [0.3, 0.4) is 0 Å². The lowest BCUT2D eigenvalue weighted by atomic mass is 10.1. The SMILES string of the molecule is N#CC(Nc1ccccc1Br)c1ccc2c(c1)OCCO2. The molecule has 106 valence electrons. The van der Waals surface area contributed by atoms with Crippen molar-refractivity contribution in [3.05, 3.63) is 52.5 Å². The van der Waals surface area contributed by atoms with Crippen molar-refractivity contribution in [3.8, 4) is 17.6 Å². The Morgan fingerprint density at radius 2 is 1.86 bits per heavy atom. The molecular formula is C16H13BrN2O2. The summed E-state index contributed by atoms with van der Waals surface area (Å²) in [5.74, 6) is 1.41. The largest absolute Gasteiger partial charge is 0.486 e. The highest BCUT2D eigenvalue weighted by Crippen LogP contribution is 2.34. The van der Waals surface area contributed by atoms with E-state index in [1.807, 2.05) is 42.5 Å². The number of benzene rings is 2. The second-order valence-electron chi connectivity index (χ2n) is 4.59. The number of ether oxygens (including phenoxy) is 2. The Morgan fingerprint density at radius 1 is 1.10 bits per heavy atom. The summed E-state index contributed by atoms with van der Waals surface area (Å²) in [6.45, 7) is 1.09. The predicted octanol–water partition coefficient (Wildman–Crippen LogP) is 3.90. The van der Waals surface area contributed by atoms with Crippen molar-refractivity contribution >= 4 is 21.6 Å². The first-order chi connectivity index (χ1) is 10.3. The van der Waals surface area contributed by atoms with Gasteiger partial charge < -0.3 is 14.8 Å². The molecule has 1 unspecified atom stereocenters. The molecule has 0 fully saturated rings. The lowest BCUT2D eigenvalue weighted by molar-refractivity contribution is 0.171. The minimum Gasteiger partial charge on any atom is -0.486 e. The average Bonchev–Trinajstić information content (AvgIpc) is 2.54. The highest BCUT2D eigenvalue weighted by Gasteiger charge is 2.17. The van der Waals surface area contributed by atoms with Gasteiger partial charge in [0.2, 0.25) is 0 Å². The van der Waals surface area contributed by atoms with Crippen LogP contribution in [-0.4, -0.2) is 13.2 Å². The number of anilines is 1. The van der Waals surface area contributed by atoms with Crippen molar-refractivity contribution in [3.63, 3.8) is 0 Å². The van der Waals surface area contributed by atoms with E-state index in [-0.39, 0.29) is 0 Å². The minimum absolute atomic E-state index is 0.459. The van der Waals surface area contributed by atoms with E-state index in [2.05, 4.69) is 27.3 Å². The van der Waals surface area contributed by atoms with E-state index < -0.39 is 6.04 Å². The fraction of sp³-hybridized carbons (Fsp3) is 0.188. The van der Waals surface area contributed by atoms with Crippen molar-refractivity contribution in [2.24, 2.45) is 0 Å². The summed E-state index contributed by atoms with van der Waals surface area (Å²) in [5.41, 5.74) is 1.72. The first kappa shape index (κ1) is 13.8. The Kier molecular flexibility index (Phi) is 3.98. The van der Waals surface area contributed by atoms with E-state index >= 15 is 0 Å². The van der Waals surface area contributed by atoms with Crippen molar-refractivity contribution in [1.29, 1.82) is 5.26 Å². The summed E-state index contributed by atoms with van der Waals surface area (Å²) in [7, 11) is 0. The molecule has 0 radical (unpaired) electrons. The molecule has 1 atom stereocenters. The second-order valence-corrected chi connectivity index (χ2v) is 5.44. The van der Waals surface area contributed by atoms with Crippen molar-refractivity contribution in [2.75, 3.05) is 18.5 Å². The van der Waals surface area contributed by atoms with Crippen LogP contribution in [0.1, 0.15) is 11.6 Å². The molecule has 1 aliphatic heterocycles. The average molecular weight is 345 g/mol.